The van der Waals surface area contributed by atoms with Crippen molar-refractivity contribution in [2.24, 2.45) is 0 Å². The third-order valence-electron chi connectivity index (χ3n) is 5.24. The van der Waals surface area contributed by atoms with Gasteiger partial charge in [-0.1, -0.05) is 30.3 Å². The molecule has 1 aliphatic heterocycles. The van der Waals surface area contributed by atoms with Crippen LogP contribution in [0.2, 0.25) is 0 Å². The summed E-state index contributed by atoms with van der Waals surface area (Å²) in [6.45, 7) is 1.97. The van der Waals surface area contributed by atoms with Crippen molar-refractivity contribution in [3.8, 4) is 0 Å². The van der Waals surface area contributed by atoms with E-state index in [2.05, 4.69) is 19.9 Å². The Bertz CT molecular complexity index is 1300. The van der Waals surface area contributed by atoms with Crippen molar-refractivity contribution in [3.63, 3.8) is 0 Å². The van der Waals surface area contributed by atoms with Crippen LogP contribution in [0, 0.1) is 0 Å². The van der Waals surface area contributed by atoms with Gasteiger partial charge in [-0.3, -0.25) is 4.98 Å². The fraction of sp³-hybridized carbons (Fsp3) is 0.190. The number of fused-ring (bicyclic) bond motifs is 2. The average Bonchev–Trinajstić information content (AvgIpc) is 2.78. The smallest absolute Gasteiger partial charge is 0.243 e. The van der Waals surface area contributed by atoms with Gasteiger partial charge in [-0.25, -0.2) is 18.4 Å². The van der Waals surface area contributed by atoms with Crippen LogP contribution in [-0.2, 0) is 10.0 Å². The van der Waals surface area contributed by atoms with Gasteiger partial charge in [-0.05, 0) is 35.0 Å². The first-order valence-electron chi connectivity index (χ1n) is 9.43. The number of nitrogens with zero attached hydrogens (tertiary/aromatic N) is 5. The minimum atomic E-state index is -3.53. The van der Waals surface area contributed by atoms with E-state index in [-0.39, 0.29) is 0 Å². The monoisotopic (exact) mass is 405 g/mol. The molecular weight excluding hydrogens is 386 g/mol. The maximum atomic E-state index is 13.1. The molecule has 0 saturated carbocycles. The molecule has 7 nitrogen and oxygen atoms in total. The highest BCUT2D eigenvalue weighted by molar-refractivity contribution is 7.89. The lowest BCUT2D eigenvalue weighted by Crippen LogP contribution is -2.48. The number of piperazine rings is 1. The lowest BCUT2D eigenvalue weighted by Gasteiger charge is -2.34. The predicted molar refractivity (Wildman–Crippen MR) is 112 cm³/mol. The van der Waals surface area contributed by atoms with Crippen molar-refractivity contribution in [2.45, 2.75) is 4.90 Å². The summed E-state index contributed by atoms with van der Waals surface area (Å²) in [6, 6.07) is 16.9. The second kappa shape index (κ2) is 7.06. The van der Waals surface area contributed by atoms with E-state index in [0.29, 0.717) is 36.7 Å². The van der Waals surface area contributed by atoms with Gasteiger partial charge < -0.3 is 4.90 Å². The molecule has 2 aromatic carbocycles. The Morgan fingerprint density at radius 2 is 1.55 bits per heavy atom. The molecule has 1 saturated heterocycles. The third kappa shape index (κ3) is 3.30. The number of hydrogen-bond acceptors (Lipinski definition) is 6. The van der Waals surface area contributed by atoms with Gasteiger partial charge in [-0.15, -0.1) is 0 Å². The zero-order valence-corrected chi connectivity index (χ0v) is 16.5. The summed E-state index contributed by atoms with van der Waals surface area (Å²) in [5, 5.41) is 1.95. The molecule has 2 aromatic heterocycles. The first-order chi connectivity index (χ1) is 14.1. The lowest BCUT2D eigenvalue weighted by atomic mass is 10.1. The van der Waals surface area contributed by atoms with Crippen LogP contribution in [0.4, 0.5) is 5.82 Å². The van der Waals surface area contributed by atoms with Crippen LogP contribution in [0.5, 0.6) is 0 Å². The molecule has 5 rings (SSSR count). The van der Waals surface area contributed by atoms with E-state index in [1.165, 1.54) is 0 Å². The second-order valence-electron chi connectivity index (χ2n) is 6.97. The largest absolute Gasteiger partial charge is 0.354 e. The summed E-state index contributed by atoms with van der Waals surface area (Å²) in [7, 11) is -3.53. The summed E-state index contributed by atoms with van der Waals surface area (Å²) in [5.74, 6) is 0.792. The van der Waals surface area contributed by atoms with Gasteiger partial charge in [0.25, 0.3) is 0 Å². The first-order valence-corrected chi connectivity index (χ1v) is 10.9. The quantitative estimate of drug-likeness (QED) is 0.521. The van der Waals surface area contributed by atoms with Crippen molar-refractivity contribution in [2.75, 3.05) is 31.1 Å². The molecule has 0 radical (unpaired) electrons. The van der Waals surface area contributed by atoms with Gasteiger partial charge >= 0.3 is 0 Å². The molecular formula is C21H19N5O2S. The normalized spacial score (nSPS) is 15.8. The Morgan fingerprint density at radius 1 is 0.793 bits per heavy atom. The molecule has 8 heteroatoms. The highest BCUT2D eigenvalue weighted by Gasteiger charge is 2.29. The summed E-state index contributed by atoms with van der Waals surface area (Å²) < 4.78 is 27.8. The van der Waals surface area contributed by atoms with Gasteiger partial charge in [0.2, 0.25) is 10.0 Å². The van der Waals surface area contributed by atoms with E-state index in [0.717, 1.165) is 22.1 Å². The number of sulfonamides is 1. The van der Waals surface area contributed by atoms with Crippen molar-refractivity contribution in [1.82, 2.24) is 19.3 Å². The SMILES string of the molecule is O=S(=O)(c1ccc2ccccc2c1)N1CCN(c2ccc3nccnc3n2)CC1. The topological polar surface area (TPSA) is 79.3 Å². The highest BCUT2D eigenvalue weighted by atomic mass is 32.2. The maximum absolute atomic E-state index is 13.1. The fourth-order valence-corrected chi connectivity index (χ4v) is 5.11. The highest BCUT2D eigenvalue weighted by Crippen LogP contribution is 2.24. The summed E-state index contributed by atoms with van der Waals surface area (Å²) in [5.41, 5.74) is 1.34. The summed E-state index contributed by atoms with van der Waals surface area (Å²) in [6.07, 6.45) is 3.26. The summed E-state index contributed by atoms with van der Waals surface area (Å²) in [4.78, 5) is 15.5. The van der Waals surface area contributed by atoms with Gasteiger partial charge in [-0.2, -0.15) is 4.31 Å². The number of anilines is 1. The second-order valence-corrected chi connectivity index (χ2v) is 8.91. The lowest BCUT2D eigenvalue weighted by molar-refractivity contribution is 0.384. The first kappa shape index (κ1) is 18.0. The van der Waals surface area contributed by atoms with Crippen LogP contribution in [-0.4, -0.2) is 53.9 Å². The van der Waals surface area contributed by atoms with E-state index in [1.54, 1.807) is 28.8 Å². The van der Waals surface area contributed by atoms with Crippen molar-refractivity contribution in [1.29, 1.82) is 0 Å². The molecule has 146 valence electrons. The van der Waals surface area contributed by atoms with Gasteiger partial charge in [0.05, 0.1) is 4.90 Å². The Kier molecular flexibility index (Phi) is 4.37. The third-order valence-corrected chi connectivity index (χ3v) is 7.13. The van der Waals surface area contributed by atoms with E-state index < -0.39 is 10.0 Å². The van der Waals surface area contributed by atoms with E-state index in [9.17, 15) is 8.42 Å². The van der Waals surface area contributed by atoms with Crippen molar-refractivity contribution in [3.05, 3.63) is 67.0 Å². The standard InChI is InChI=1S/C21H19N5O2S/c27-29(28,18-6-5-16-3-1-2-4-17(16)15-18)26-13-11-25(12-14-26)20-8-7-19-21(24-20)23-10-9-22-19/h1-10,15H,11-14H2. The van der Waals surface area contributed by atoms with Crippen molar-refractivity contribution < 1.29 is 8.42 Å². The van der Waals surface area contributed by atoms with Crippen LogP contribution in [0.1, 0.15) is 0 Å². The number of benzene rings is 2. The molecule has 0 N–H and O–H groups in total. The minimum Gasteiger partial charge on any atom is -0.354 e. The minimum absolute atomic E-state index is 0.337. The Balaban J connectivity index is 1.35. The molecule has 3 heterocycles. The number of aromatic nitrogens is 3. The van der Waals surface area contributed by atoms with E-state index >= 15 is 0 Å². The molecule has 0 bridgehead atoms. The molecule has 29 heavy (non-hydrogen) atoms. The number of hydrogen-bond donors (Lipinski definition) is 0. The maximum Gasteiger partial charge on any atom is 0.243 e. The van der Waals surface area contributed by atoms with Crippen LogP contribution in [0.25, 0.3) is 21.9 Å². The fourth-order valence-electron chi connectivity index (χ4n) is 3.65. The average molecular weight is 405 g/mol. The van der Waals surface area contributed by atoms with Gasteiger partial charge in [0.15, 0.2) is 5.65 Å². The van der Waals surface area contributed by atoms with E-state index in [4.69, 9.17) is 0 Å². The Hall–Kier alpha value is -3.10. The van der Waals surface area contributed by atoms with Crippen LogP contribution >= 0.6 is 0 Å². The summed E-state index contributed by atoms with van der Waals surface area (Å²) >= 11 is 0. The van der Waals surface area contributed by atoms with Gasteiger partial charge in [0.1, 0.15) is 11.3 Å². The molecule has 4 aromatic rings. The van der Waals surface area contributed by atoms with Crippen molar-refractivity contribution >= 4 is 37.8 Å². The zero-order chi connectivity index (χ0) is 19.8. The molecule has 1 fully saturated rings. The predicted octanol–water partition coefficient (Wildman–Crippen LogP) is 2.69. The zero-order valence-electron chi connectivity index (χ0n) is 15.6. The molecule has 0 amide bonds. The van der Waals surface area contributed by atoms with E-state index in [1.807, 2.05) is 42.5 Å². The molecule has 1 aliphatic rings. The van der Waals surface area contributed by atoms with Crippen LogP contribution < -0.4 is 4.90 Å². The Morgan fingerprint density at radius 3 is 2.38 bits per heavy atom. The number of pyridine rings is 1. The molecule has 0 atom stereocenters. The van der Waals surface area contributed by atoms with Gasteiger partial charge in [0, 0.05) is 38.6 Å². The Labute approximate surface area is 168 Å². The molecule has 0 spiro atoms. The van der Waals surface area contributed by atoms with Crippen LogP contribution in [0.15, 0.2) is 71.9 Å². The molecule has 0 unspecified atom stereocenters. The number of rotatable bonds is 3. The molecule has 0 aliphatic carbocycles. The van der Waals surface area contributed by atoms with Crippen LogP contribution in [0.3, 0.4) is 0 Å².